The van der Waals surface area contributed by atoms with Gasteiger partial charge in [0.15, 0.2) is 0 Å². The minimum Gasteiger partial charge on any atom is -0.337 e. The van der Waals surface area contributed by atoms with Crippen molar-refractivity contribution in [1.29, 1.82) is 0 Å². The molecule has 1 aliphatic rings. The van der Waals surface area contributed by atoms with E-state index in [9.17, 15) is 9.18 Å². The molecule has 1 atom stereocenters. The van der Waals surface area contributed by atoms with Crippen LogP contribution >= 0.6 is 15.9 Å². The van der Waals surface area contributed by atoms with Crippen molar-refractivity contribution in [3.8, 4) is 0 Å². The Morgan fingerprint density at radius 2 is 2.15 bits per heavy atom. The Hall–Kier alpha value is -0.940. The van der Waals surface area contributed by atoms with E-state index in [-0.39, 0.29) is 5.91 Å². The van der Waals surface area contributed by atoms with E-state index in [1.54, 1.807) is 12.1 Å². The van der Waals surface area contributed by atoms with Crippen LogP contribution < -0.4 is 0 Å². The third-order valence-corrected chi connectivity index (χ3v) is 4.59. The van der Waals surface area contributed by atoms with Crippen LogP contribution in [0.1, 0.15) is 30.6 Å². The molecular weight excluding hydrogens is 323 g/mol. The number of rotatable bonds is 4. The molecule has 3 nitrogen and oxygen atoms in total. The first-order chi connectivity index (χ1) is 9.56. The lowest BCUT2D eigenvalue weighted by atomic mass is 10.2. The fourth-order valence-electron chi connectivity index (χ4n) is 2.78. The molecule has 1 aromatic rings. The quantitative estimate of drug-likeness (QED) is 0.839. The Balaban J connectivity index is 2.05. The molecule has 0 aromatic heterocycles. The van der Waals surface area contributed by atoms with Crippen molar-refractivity contribution < 1.29 is 9.18 Å². The van der Waals surface area contributed by atoms with Gasteiger partial charge in [-0.15, -0.1) is 0 Å². The predicted octanol–water partition coefficient (Wildman–Crippen LogP) is 3.14. The lowest BCUT2D eigenvalue weighted by molar-refractivity contribution is 0.0777. The van der Waals surface area contributed by atoms with Gasteiger partial charge in [-0.3, -0.25) is 9.69 Å². The van der Waals surface area contributed by atoms with Crippen LogP contribution in [0.25, 0.3) is 0 Å². The fourth-order valence-corrected chi connectivity index (χ4v) is 3.02. The normalized spacial score (nSPS) is 18.9. The van der Waals surface area contributed by atoms with Crippen molar-refractivity contribution >= 4 is 21.8 Å². The smallest absolute Gasteiger partial charge is 0.254 e. The van der Waals surface area contributed by atoms with Crippen LogP contribution in [-0.2, 0) is 0 Å². The molecule has 1 heterocycles. The number of amides is 1. The van der Waals surface area contributed by atoms with Crippen molar-refractivity contribution in [3.05, 3.63) is 34.1 Å². The van der Waals surface area contributed by atoms with E-state index in [0.29, 0.717) is 16.1 Å². The number of likely N-dealkylation sites (N-methyl/N-ethyl adjacent to an activating group) is 1. The molecule has 0 bridgehead atoms. The van der Waals surface area contributed by atoms with Crippen LogP contribution in [0.15, 0.2) is 22.7 Å². The monoisotopic (exact) mass is 342 g/mol. The molecule has 110 valence electrons. The summed E-state index contributed by atoms with van der Waals surface area (Å²) in [5.74, 6) is -0.471. The average Bonchev–Trinajstić information content (AvgIpc) is 2.92. The van der Waals surface area contributed by atoms with Crippen LogP contribution in [0.5, 0.6) is 0 Å². The van der Waals surface area contributed by atoms with Gasteiger partial charge in [0.25, 0.3) is 5.91 Å². The number of carbonyl (C=O) groups excluding carboxylic acids is 1. The van der Waals surface area contributed by atoms with Gasteiger partial charge in [-0.1, -0.05) is 13.8 Å². The molecule has 20 heavy (non-hydrogen) atoms. The van der Waals surface area contributed by atoms with Gasteiger partial charge in [-0.05, 0) is 53.6 Å². The molecule has 2 rings (SSSR count). The Morgan fingerprint density at radius 3 is 2.75 bits per heavy atom. The second-order valence-electron chi connectivity index (χ2n) is 5.04. The number of hydrogen-bond donors (Lipinski definition) is 0. The average molecular weight is 343 g/mol. The Kier molecular flexibility index (Phi) is 5.16. The summed E-state index contributed by atoms with van der Waals surface area (Å²) in [5, 5.41) is 0. The highest BCUT2D eigenvalue weighted by atomic mass is 79.9. The predicted molar refractivity (Wildman–Crippen MR) is 81.3 cm³/mol. The molecule has 0 N–H and O–H groups in total. The second-order valence-corrected chi connectivity index (χ2v) is 5.90. The Labute approximate surface area is 127 Å². The minimum atomic E-state index is -0.393. The largest absolute Gasteiger partial charge is 0.337 e. The van der Waals surface area contributed by atoms with E-state index in [1.807, 2.05) is 4.90 Å². The molecule has 1 aliphatic heterocycles. The van der Waals surface area contributed by atoms with Crippen LogP contribution in [0.2, 0.25) is 0 Å². The Morgan fingerprint density at radius 1 is 1.45 bits per heavy atom. The van der Waals surface area contributed by atoms with Gasteiger partial charge in [0.2, 0.25) is 0 Å². The Bertz CT molecular complexity index is 491. The maximum Gasteiger partial charge on any atom is 0.254 e. The van der Waals surface area contributed by atoms with Crippen molar-refractivity contribution in [1.82, 2.24) is 9.80 Å². The van der Waals surface area contributed by atoms with Crippen LogP contribution in [0, 0.1) is 5.82 Å². The van der Waals surface area contributed by atoms with Gasteiger partial charge >= 0.3 is 0 Å². The van der Waals surface area contributed by atoms with Crippen LogP contribution in [0.4, 0.5) is 4.39 Å². The molecule has 1 amide bonds. The summed E-state index contributed by atoms with van der Waals surface area (Å²) in [6, 6.07) is 4.98. The topological polar surface area (TPSA) is 23.6 Å². The first-order valence-corrected chi connectivity index (χ1v) is 7.84. The molecule has 1 fully saturated rings. The molecule has 1 saturated heterocycles. The highest BCUT2D eigenvalue weighted by Gasteiger charge is 2.29. The maximum absolute atomic E-state index is 13.5. The number of hydrogen-bond acceptors (Lipinski definition) is 2. The third-order valence-electron chi connectivity index (χ3n) is 3.95. The van der Waals surface area contributed by atoms with Crippen molar-refractivity contribution in [2.24, 2.45) is 0 Å². The highest BCUT2D eigenvalue weighted by Crippen LogP contribution is 2.21. The number of likely N-dealkylation sites (tertiary alicyclic amines) is 1. The van der Waals surface area contributed by atoms with Gasteiger partial charge in [-0.25, -0.2) is 4.39 Å². The first-order valence-electron chi connectivity index (χ1n) is 7.05. The summed E-state index contributed by atoms with van der Waals surface area (Å²) in [6.45, 7) is 7.75. The molecule has 0 saturated carbocycles. The van der Waals surface area contributed by atoms with Gasteiger partial charge in [-0.2, -0.15) is 0 Å². The standard InChI is InChI=1S/C15H20BrFN2O/c1-3-18(4-2)12-7-8-19(10-12)15(20)11-5-6-13(16)14(17)9-11/h5-6,9,12H,3-4,7-8,10H2,1-2H3. The molecule has 5 heteroatoms. The summed E-state index contributed by atoms with van der Waals surface area (Å²) in [5.41, 5.74) is 0.422. The third kappa shape index (κ3) is 3.20. The van der Waals surface area contributed by atoms with E-state index in [1.165, 1.54) is 6.07 Å². The highest BCUT2D eigenvalue weighted by molar-refractivity contribution is 9.10. The lowest BCUT2D eigenvalue weighted by Crippen LogP contribution is -2.38. The van der Waals surface area contributed by atoms with E-state index in [2.05, 4.69) is 34.7 Å². The molecule has 1 unspecified atom stereocenters. The fraction of sp³-hybridized carbons (Fsp3) is 0.533. The number of nitrogens with zero attached hydrogens (tertiary/aromatic N) is 2. The summed E-state index contributed by atoms with van der Waals surface area (Å²) in [4.78, 5) is 16.6. The lowest BCUT2D eigenvalue weighted by Gasteiger charge is -2.26. The van der Waals surface area contributed by atoms with E-state index in [0.717, 1.165) is 32.6 Å². The van der Waals surface area contributed by atoms with E-state index in [4.69, 9.17) is 0 Å². The molecule has 0 spiro atoms. The molecule has 0 radical (unpaired) electrons. The van der Waals surface area contributed by atoms with Gasteiger partial charge in [0, 0.05) is 24.7 Å². The number of halogens is 2. The number of carbonyl (C=O) groups is 1. The van der Waals surface area contributed by atoms with E-state index >= 15 is 0 Å². The summed E-state index contributed by atoms with van der Waals surface area (Å²) in [6.07, 6.45) is 0.992. The zero-order valence-corrected chi connectivity index (χ0v) is 13.5. The van der Waals surface area contributed by atoms with Crippen molar-refractivity contribution in [2.45, 2.75) is 26.3 Å². The SMILES string of the molecule is CCN(CC)C1CCN(C(=O)c2ccc(Br)c(F)c2)C1. The van der Waals surface area contributed by atoms with Crippen LogP contribution in [0.3, 0.4) is 0 Å². The molecule has 1 aromatic carbocycles. The summed E-state index contributed by atoms with van der Waals surface area (Å²) in [7, 11) is 0. The second kappa shape index (κ2) is 6.68. The van der Waals surface area contributed by atoms with Gasteiger partial charge in [0.1, 0.15) is 5.82 Å². The van der Waals surface area contributed by atoms with Gasteiger partial charge < -0.3 is 4.90 Å². The van der Waals surface area contributed by atoms with Crippen molar-refractivity contribution in [3.63, 3.8) is 0 Å². The maximum atomic E-state index is 13.5. The van der Waals surface area contributed by atoms with Crippen LogP contribution in [-0.4, -0.2) is 47.9 Å². The minimum absolute atomic E-state index is 0.0777. The number of benzene rings is 1. The summed E-state index contributed by atoms with van der Waals surface area (Å²) >= 11 is 3.10. The van der Waals surface area contributed by atoms with Gasteiger partial charge in [0.05, 0.1) is 4.47 Å². The molecular formula is C15H20BrFN2O. The van der Waals surface area contributed by atoms with Crippen molar-refractivity contribution in [2.75, 3.05) is 26.2 Å². The summed E-state index contributed by atoms with van der Waals surface area (Å²) < 4.78 is 13.9. The zero-order valence-electron chi connectivity index (χ0n) is 11.9. The first kappa shape index (κ1) is 15.4. The van der Waals surface area contributed by atoms with E-state index < -0.39 is 5.82 Å². The molecule has 0 aliphatic carbocycles. The zero-order chi connectivity index (χ0) is 14.7.